The monoisotopic (exact) mass is 600 g/mol. The Hall–Kier alpha value is -3.76. The van der Waals surface area contributed by atoms with E-state index in [4.69, 9.17) is 15.2 Å². The highest BCUT2D eigenvalue weighted by atomic mass is 16.7. The minimum absolute atomic E-state index is 0.0176. The van der Waals surface area contributed by atoms with Crippen LogP contribution >= 0.6 is 0 Å². The highest BCUT2D eigenvalue weighted by molar-refractivity contribution is 5.93. The van der Waals surface area contributed by atoms with Gasteiger partial charge in [-0.3, -0.25) is 9.59 Å². The summed E-state index contributed by atoms with van der Waals surface area (Å²) < 4.78 is 13.0. The van der Waals surface area contributed by atoms with Gasteiger partial charge in [-0.2, -0.15) is 0 Å². The van der Waals surface area contributed by atoms with Gasteiger partial charge in [-0.05, 0) is 61.2 Å². The van der Waals surface area contributed by atoms with E-state index in [9.17, 15) is 14.7 Å². The van der Waals surface area contributed by atoms with Crippen molar-refractivity contribution in [1.82, 2.24) is 10.2 Å². The molecule has 0 saturated carbocycles. The van der Waals surface area contributed by atoms with E-state index < -0.39 is 6.29 Å². The first kappa shape index (κ1) is 31.7. The van der Waals surface area contributed by atoms with Gasteiger partial charge in [-0.25, -0.2) is 0 Å². The fourth-order valence-electron chi connectivity index (χ4n) is 5.78. The number of aliphatic hydroxyl groups excluding tert-OH is 1. The average molecular weight is 601 g/mol. The van der Waals surface area contributed by atoms with Crippen molar-refractivity contribution in [1.29, 1.82) is 0 Å². The predicted octanol–water partition coefficient (Wildman–Crippen LogP) is 5.22. The van der Waals surface area contributed by atoms with Crippen molar-refractivity contribution in [3.8, 4) is 0 Å². The summed E-state index contributed by atoms with van der Waals surface area (Å²) in [5.41, 5.74) is 10.8. The number of likely N-dealkylation sites (tertiary alicyclic amines) is 1. The molecule has 0 radical (unpaired) electrons. The Labute approximate surface area is 259 Å². The number of nitrogen functional groups attached to an aromatic ring is 1. The summed E-state index contributed by atoms with van der Waals surface area (Å²) in [6.07, 6.45) is 4.92. The molecule has 5 N–H and O–H groups in total. The first-order chi connectivity index (χ1) is 21.5. The second kappa shape index (κ2) is 15.8. The molecule has 5 rings (SSSR count). The molecule has 2 saturated heterocycles. The molecular formula is C35H44N4O5. The molecule has 2 aliphatic rings. The van der Waals surface area contributed by atoms with Crippen LogP contribution in [0.2, 0.25) is 0 Å². The van der Waals surface area contributed by atoms with Crippen LogP contribution in [-0.4, -0.2) is 47.6 Å². The molecule has 2 amide bonds. The van der Waals surface area contributed by atoms with Crippen molar-refractivity contribution in [3.63, 3.8) is 0 Å². The van der Waals surface area contributed by atoms with Gasteiger partial charge < -0.3 is 35.8 Å². The number of carbonyl (C=O) groups is 2. The van der Waals surface area contributed by atoms with E-state index in [0.29, 0.717) is 24.3 Å². The smallest absolute Gasteiger partial charge is 0.224 e. The zero-order chi connectivity index (χ0) is 30.7. The van der Waals surface area contributed by atoms with E-state index >= 15 is 0 Å². The Morgan fingerprint density at radius 1 is 0.841 bits per heavy atom. The fraction of sp³-hybridized carbons (Fsp3) is 0.429. The van der Waals surface area contributed by atoms with Gasteiger partial charge in [-0.15, -0.1) is 0 Å². The lowest BCUT2D eigenvalue weighted by molar-refractivity contribution is -0.253. The number of piperidine rings is 1. The number of rotatable bonds is 12. The Morgan fingerprint density at radius 2 is 1.52 bits per heavy atom. The number of para-hydroxylation sites is 2. The number of nitrogens with zero attached hydrogens (tertiary/aromatic N) is 1. The second-order valence-electron chi connectivity index (χ2n) is 11.7. The first-order valence-corrected chi connectivity index (χ1v) is 15.7. The molecule has 3 atom stereocenters. The fourth-order valence-corrected chi connectivity index (χ4v) is 5.78. The van der Waals surface area contributed by atoms with Crippen molar-refractivity contribution in [2.75, 3.05) is 30.7 Å². The number of carbonyl (C=O) groups excluding carboxylic acids is 2. The third kappa shape index (κ3) is 9.12. The number of nitrogens with one attached hydrogen (secondary N) is 2. The molecule has 0 spiro atoms. The van der Waals surface area contributed by atoms with Crippen molar-refractivity contribution in [2.45, 2.75) is 76.6 Å². The SMILES string of the molecule is Nc1ccccc1NC(=O)CCCC(=O)NCc1ccc([C@H]2O[C@@H](CN3CCCCC3)C[C@@H](c3ccc(CO)cc3)O2)cc1. The lowest BCUT2D eigenvalue weighted by Crippen LogP contribution is -2.41. The molecule has 2 fully saturated rings. The molecule has 2 aliphatic heterocycles. The van der Waals surface area contributed by atoms with Crippen LogP contribution in [0.5, 0.6) is 0 Å². The van der Waals surface area contributed by atoms with Crippen LogP contribution in [0, 0.1) is 0 Å². The van der Waals surface area contributed by atoms with Crippen molar-refractivity contribution in [2.24, 2.45) is 0 Å². The summed E-state index contributed by atoms with van der Waals surface area (Å²) in [5.74, 6) is -0.267. The van der Waals surface area contributed by atoms with Crippen LogP contribution in [-0.2, 0) is 32.2 Å². The first-order valence-electron chi connectivity index (χ1n) is 15.7. The molecule has 0 unspecified atom stereocenters. The van der Waals surface area contributed by atoms with Gasteiger partial charge in [0.15, 0.2) is 6.29 Å². The van der Waals surface area contributed by atoms with E-state index in [-0.39, 0.29) is 43.5 Å². The van der Waals surface area contributed by atoms with Gasteiger partial charge in [0.05, 0.1) is 30.2 Å². The predicted molar refractivity (Wildman–Crippen MR) is 170 cm³/mol. The van der Waals surface area contributed by atoms with E-state index in [1.54, 1.807) is 12.1 Å². The van der Waals surface area contributed by atoms with Crippen molar-refractivity contribution < 1.29 is 24.2 Å². The van der Waals surface area contributed by atoms with E-state index in [2.05, 4.69) is 15.5 Å². The molecule has 3 aromatic rings. The van der Waals surface area contributed by atoms with Crippen LogP contribution < -0.4 is 16.4 Å². The molecule has 2 heterocycles. The minimum Gasteiger partial charge on any atom is -0.397 e. The Morgan fingerprint density at radius 3 is 2.25 bits per heavy atom. The maximum absolute atomic E-state index is 12.4. The minimum atomic E-state index is -0.498. The van der Waals surface area contributed by atoms with Crippen LogP contribution in [0.3, 0.4) is 0 Å². The Balaban J connectivity index is 1.12. The maximum Gasteiger partial charge on any atom is 0.224 e. The second-order valence-corrected chi connectivity index (χ2v) is 11.7. The van der Waals surface area contributed by atoms with E-state index in [1.165, 1.54) is 19.3 Å². The van der Waals surface area contributed by atoms with Crippen molar-refractivity contribution in [3.05, 3.63) is 95.1 Å². The molecule has 9 nitrogen and oxygen atoms in total. The molecule has 234 valence electrons. The van der Waals surface area contributed by atoms with Crippen LogP contribution in [0.1, 0.15) is 79.6 Å². The number of hydrogen-bond donors (Lipinski definition) is 4. The van der Waals surface area contributed by atoms with Gasteiger partial charge in [0, 0.05) is 37.9 Å². The van der Waals surface area contributed by atoms with Gasteiger partial charge in [-0.1, -0.05) is 67.1 Å². The third-order valence-electron chi connectivity index (χ3n) is 8.31. The van der Waals surface area contributed by atoms with Gasteiger partial charge in [0.2, 0.25) is 11.8 Å². The summed E-state index contributed by atoms with van der Waals surface area (Å²) in [4.78, 5) is 27.1. The number of nitrogens with two attached hydrogens (primary N) is 1. The molecule has 0 bridgehead atoms. The normalized spacial score (nSPS) is 20.6. The zero-order valence-corrected chi connectivity index (χ0v) is 25.3. The number of anilines is 2. The maximum atomic E-state index is 12.4. The molecule has 0 aromatic heterocycles. The summed E-state index contributed by atoms with van der Waals surface area (Å²) in [7, 11) is 0. The molecule has 0 aliphatic carbocycles. The summed E-state index contributed by atoms with van der Waals surface area (Å²) in [6, 6.07) is 23.0. The Bertz CT molecular complexity index is 1360. The van der Waals surface area contributed by atoms with Crippen LogP contribution in [0.25, 0.3) is 0 Å². The van der Waals surface area contributed by atoms with Gasteiger partial charge in [0.1, 0.15) is 0 Å². The number of amides is 2. The van der Waals surface area contributed by atoms with Crippen LogP contribution in [0.4, 0.5) is 11.4 Å². The molecule has 3 aromatic carbocycles. The van der Waals surface area contributed by atoms with Crippen molar-refractivity contribution >= 4 is 23.2 Å². The molecular weight excluding hydrogens is 556 g/mol. The summed E-state index contributed by atoms with van der Waals surface area (Å²) in [6.45, 7) is 3.52. The Kier molecular flexibility index (Phi) is 11.4. The molecule has 9 heteroatoms. The van der Waals surface area contributed by atoms with Crippen LogP contribution in [0.15, 0.2) is 72.8 Å². The average Bonchev–Trinajstić information content (AvgIpc) is 3.05. The largest absolute Gasteiger partial charge is 0.397 e. The lowest BCUT2D eigenvalue weighted by Gasteiger charge is -2.39. The van der Waals surface area contributed by atoms with Gasteiger partial charge >= 0.3 is 0 Å². The topological polar surface area (TPSA) is 126 Å². The number of hydrogen-bond acceptors (Lipinski definition) is 7. The lowest BCUT2D eigenvalue weighted by atomic mass is 9.99. The summed E-state index contributed by atoms with van der Waals surface area (Å²) >= 11 is 0. The third-order valence-corrected chi connectivity index (χ3v) is 8.31. The summed E-state index contributed by atoms with van der Waals surface area (Å²) in [5, 5.41) is 15.2. The highest BCUT2D eigenvalue weighted by Crippen LogP contribution is 2.38. The number of ether oxygens (including phenoxy) is 2. The standard InChI is InChI=1S/C35H44N4O5/c36-30-7-2-3-8-31(30)38-34(42)10-6-9-33(41)37-22-25-11-17-28(18-12-25)35-43-29(23-39-19-4-1-5-20-39)21-32(44-35)27-15-13-26(24-40)14-16-27/h2-3,7-8,11-18,29,32,35,40H,1,4-6,9-10,19-24,36H2,(H,37,41)(H,38,42)/t29-,32+,35+/m1/s1. The van der Waals surface area contributed by atoms with E-state index in [1.807, 2.05) is 60.7 Å². The zero-order valence-electron chi connectivity index (χ0n) is 25.3. The van der Waals surface area contributed by atoms with Gasteiger partial charge in [0.25, 0.3) is 0 Å². The number of aliphatic hydroxyl groups is 1. The molecule has 44 heavy (non-hydrogen) atoms. The number of benzene rings is 3. The van der Waals surface area contributed by atoms with E-state index in [0.717, 1.165) is 48.3 Å². The highest BCUT2D eigenvalue weighted by Gasteiger charge is 2.33. The quantitative estimate of drug-likeness (QED) is 0.210.